The number of rotatable bonds is 6. The van der Waals surface area contributed by atoms with Crippen molar-refractivity contribution in [1.29, 1.82) is 0 Å². The first kappa shape index (κ1) is 17.3. The molecule has 1 atom stereocenters. The summed E-state index contributed by atoms with van der Waals surface area (Å²) in [5.41, 5.74) is 1.09. The van der Waals surface area contributed by atoms with Crippen LogP contribution < -0.4 is 4.74 Å². The molecule has 26 heavy (non-hydrogen) atoms. The van der Waals surface area contributed by atoms with Crippen LogP contribution in [-0.4, -0.2) is 44.3 Å². The minimum Gasteiger partial charge on any atom is -0.494 e. The Kier molecular flexibility index (Phi) is 4.82. The summed E-state index contributed by atoms with van der Waals surface area (Å²) in [6.45, 7) is 6.65. The first-order valence-electron chi connectivity index (χ1n) is 9.26. The van der Waals surface area contributed by atoms with Gasteiger partial charge < -0.3 is 9.84 Å². The number of aryl methyl sites for hydroxylation is 1. The number of nitrogens with zero attached hydrogens (tertiary/aromatic N) is 4. The minimum atomic E-state index is -0.0428. The monoisotopic (exact) mass is 372 g/mol. The van der Waals surface area contributed by atoms with Gasteiger partial charge in [0.25, 0.3) is 0 Å². The van der Waals surface area contributed by atoms with Crippen LogP contribution in [0, 0.1) is 0 Å². The molecule has 6 nitrogen and oxygen atoms in total. The summed E-state index contributed by atoms with van der Waals surface area (Å²) < 4.78 is 7.46. The molecule has 0 aliphatic carbocycles. The van der Waals surface area contributed by atoms with E-state index in [1.54, 1.807) is 4.52 Å². The summed E-state index contributed by atoms with van der Waals surface area (Å²) in [4.78, 5) is 8.58. The fourth-order valence-electron chi connectivity index (χ4n) is 3.62. The number of ether oxygens (including phenoxy) is 1. The van der Waals surface area contributed by atoms with E-state index in [9.17, 15) is 5.11 Å². The fourth-order valence-corrected chi connectivity index (χ4v) is 4.74. The Bertz CT molecular complexity index is 898. The van der Waals surface area contributed by atoms with Crippen molar-refractivity contribution in [3.63, 3.8) is 0 Å². The lowest BCUT2D eigenvalue weighted by molar-refractivity contribution is 0.264. The van der Waals surface area contributed by atoms with Gasteiger partial charge >= 0.3 is 0 Å². The van der Waals surface area contributed by atoms with Crippen molar-refractivity contribution in [2.45, 2.75) is 39.2 Å². The van der Waals surface area contributed by atoms with Gasteiger partial charge in [0.1, 0.15) is 5.75 Å². The maximum atomic E-state index is 10.9. The van der Waals surface area contributed by atoms with E-state index < -0.39 is 0 Å². The Labute approximate surface area is 157 Å². The summed E-state index contributed by atoms with van der Waals surface area (Å²) in [6, 6.07) is 8.08. The average Bonchev–Trinajstić information content (AvgIpc) is 3.37. The predicted octanol–water partition coefficient (Wildman–Crippen LogP) is 3.64. The lowest BCUT2D eigenvalue weighted by Gasteiger charge is -2.28. The molecule has 0 amide bonds. The van der Waals surface area contributed by atoms with Crippen LogP contribution in [0.15, 0.2) is 24.3 Å². The first-order chi connectivity index (χ1) is 12.7. The van der Waals surface area contributed by atoms with E-state index in [0.717, 1.165) is 46.5 Å². The van der Waals surface area contributed by atoms with Gasteiger partial charge in [0, 0.05) is 12.0 Å². The van der Waals surface area contributed by atoms with Crippen LogP contribution in [-0.2, 0) is 6.42 Å². The van der Waals surface area contributed by atoms with Crippen molar-refractivity contribution in [2.75, 3.05) is 19.7 Å². The van der Waals surface area contributed by atoms with E-state index in [1.807, 2.05) is 32.0 Å². The summed E-state index contributed by atoms with van der Waals surface area (Å²) in [7, 11) is 0. The molecule has 1 aromatic carbocycles. The van der Waals surface area contributed by atoms with Crippen molar-refractivity contribution in [1.82, 2.24) is 19.5 Å². The number of hydrogen-bond acceptors (Lipinski definition) is 6. The van der Waals surface area contributed by atoms with Crippen molar-refractivity contribution in [3.05, 3.63) is 40.5 Å². The number of aromatic nitrogens is 3. The van der Waals surface area contributed by atoms with E-state index in [-0.39, 0.29) is 11.9 Å². The topological polar surface area (TPSA) is 62.9 Å². The average molecular weight is 372 g/mol. The number of thiazole rings is 1. The standard InChI is InChI=1S/C19H24N4O2S/c1-3-15-20-19-23(21-15)18(24)17(26-19)16(22-11-7-8-12-22)13-9-5-6-10-14(13)25-4-2/h5-6,9-10,16,24H,3-4,7-8,11-12H2,1-2H3. The molecular weight excluding hydrogens is 348 g/mol. The van der Waals surface area contributed by atoms with Gasteiger partial charge in [-0.15, -0.1) is 5.10 Å². The molecule has 1 saturated heterocycles. The third-order valence-corrected chi connectivity index (χ3v) is 5.90. The van der Waals surface area contributed by atoms with Gasteiger partial charge in [-0.25, -0.2) is 4.98 Å². The second kappa shape index (κ2) is 7.25. The van der Waals surface area contributed by atoms with E-state index in [1.165, 1.54) is 24.2 Å². The first-order valence-corrected chi connectivity index (χ1v) is 10.1. The van der Waals surface area contributed by atoms with Crippen molar-refractivity contribution in [2.24, 2.45) is 0 Å². The fraction of sp³-hybridized carbons (Fsp3) is 0.474. The molecule has 7 heteroatoms. The van der Waals surface area contributed by atoms with Crippen LogP contribution in [0.3, 0.4) is 0 Å². The molecule has 3 heterocycles. The van der Waals surface area contributed by atoms with Gasteiger partial charge in [-0.05, 0) is 38.9 Å². The second-order valence-electron chi connectivity index (χ2n) is 6.48. The van der Waals surface area contributed by atoms with E-state index in [4.69, 9.17) is 4.74 Å². The number of para-hydroxylation sites is 1. The van der Waals surface area contributed by atoms with Crippen LogP contribution in [0.5, 0.6) is 11.6 Å². The summed E-state index contributed by atoms with van der Waals surface area (Å²) in [6.07, 6.45) is 3.11. The largest absolute Gasteiger partial charge is 0.494 e. The quantitative estimate of drug-likeness (QED) is 0.716. The van der Waals surface area contributed by atoms with Gasteiger partial charge in [0.05, 0.1) is 17.5 Å². The number of fused-ring (bicyclic) bond motifs is 1. The van der Waals surface area contributed by atoms with E-state index in [2.05, 4.69) is 21.0 Å². The minimum absolute atomic E-state index is 0.0428. The number of benzene rings is 1. The molecule has 4 rings (SSSR count). The van der Waals surface area contributed by atoms with Gasteiger partial charge in [-0.1, -0.05) is 36.5 Å². The Morgan fingerprint density at radius 1 is 1.23 bits per heavy atom. The molecule has 2 aromatic heterocycles. The molecule has 3 aromatic rings. The maximum absolute atomic E-state index is 10.9. The van der Waals surface area contributed by atoms with Gasteiger partial charge in [0.15, 0.2) is 5.82 Å². The van der Waals surface area contributed by atoms with Crippen LogP contribution >= 0.6 is 11.3 Å². The molecule has 1 aliphatic heterocycles. The Balaban J connectivity index is 1.84. The molecule has 1 fully saturated rings. The van der Waals surface area contributed by atoms with Gasteiger partial charge in [-0.2, -0.15) is 4.52 Å². The molecule has 0 radical (unpaired) electrons. The highest BCUT2D eigenvalue weighted by Crippen LogP contribution is 2.43. The van der Waals surface area contributed by atoms with Gasteiger partial charge in [0.2, 0.25) is 10.8 Å². The smallest absolute Gasteiger partial charge is 0.230 e. The van der Waals surface area contributed by atoms with Crippen molar-refractivity contribution in [3.8, 4) is 11.6 Å². The lowest BCUT2D eigenvalue weighted by atomic mass is 10.0. The number of likely N-dealkylation sites (tertiary alicyclic amines) is 1. The molecular formula is C19H24N4O2S. The van der Waals surface area contributed by atoms with Crippen LogP contribution in [0.25, 0.3) is 4.96 Å². The lowest BCUT2D eigenvalue weighted by Crippen LogP contribution is -2.26. The number of aromatic hydroxyl groups is 1. The number of hydrogen-bond donors (Lipinski definition) is 1. The Morgan fingerprint density at radius 3 is 2.69 bits per heavy atom. The predicted molar refractivity (Wildman–Crippen MR) is 102 cm³/mol. The normalized spacial score (nSPS) is 16.4. The highest BCUT2D eigenvalue weighted by atomic mass is 32.1. The van der Waals surface area contributed by atoms with E-state index >= 15 is 0 Å². The van der Waals surface area contributed by atoms with Gasteiger partial charge in [-0.3, -0.25) is 4.90 Å². The van der Waals surface area contributed by atoms with Crippen LogP contribution in [0.1, 0.15) is 49.0 Å². The zero-order valence-corrected chi connectivity index (χ0v) is 16.0. The molecule has 0 bridgehead atoms. The SMILES string of the molecule is CCOc1ccccc1C(c1sc2nc(CC)nn2c1O)N1CCCC1. The molecule has 1 unspecified atom stereocenters. The summed E-state index contributed by atoms with van der Waals surface area (Å²) >= 11 is 1.52. The van der Waals surface area contributed by atoms with Crippen molar-refractivity contribution >= 4 is 16.3 Å². The third kappa shape index (κ3) is 2.95. The molecule has 0 spiro atoms. The zero-order chi connectivity index (χ0) is 18.1. The van der Waals surface area contributed by atoms with Crippen molar-refractivity contribution < 1.29 is 9.84 Å². The summed E-state index contributed by atoms with van der Waals surface area (Å²) in [5.74, 6) is 1.82. The zero-order valence-electron chi connectivity index (χ0n) is 15.2. The Hall–Kier alpha value is -2.12. The third-order valence-electron chi connectivity index (χ3n) is 4.83. The molecule has 0 saturated carbocycles. The summed E-state index contributed by atoms with van der Waals surface area (Å²) in [5, 5.41) is 15.3. The van der Waals surface area contributed by atoms with E-state index in [0.29, 0.717) is 6.61 Å². The van der Waals surface area contributed by atoms with Crippen LogP contribution in [0.4, 0.5) is 0 Å². The molecule has 1 N–H and O–H groups in total. The Morgan fingerprint density at radius 2 is 2.00 bits per heavy atom. The highest BCUT2D eigenvalue weighted by Gasteiger charge is 2.32. The maximum Gasteiger partial charge on any atom is 0.230 e. The second-order valence-corrected chi connectivity index (χ2v) is 7.49. The molecule has 138 valence electrons. The molecule has 1 aliphatic rings. The highest BCUT2D eigenvalue weighted by molar-refractivity contribution is 7.17. The van der Waals surface area contributed by atoms with Crippen LogP contribution in [0.2, 0.25) is 0 Å².